The SMILES string of the molecule is CCc1nc2c(c(C(=O)OC)n1)CCNC2. The largest absolute Gasteiger partial charge is 0.464 e. The maximum atomic E-state index is 11.6. The van der Waals surface area contributed by atoms with Gasteiger partial charge < -0.3 is 10.1 Å². The summed E-state index contributed by atoms with van der Waals surface area (Å²) < 4.78 is 4.75. The van der Waals surface area contributed by atoms with Gasteiger partial charge in [0.05, 0.1) is 12.8 Å². The molecule has 86 valence electrons. The molecule has 0 amide bonds. The predicted octanol–water partition coefficient (Wildman–Crippen LogP) is 0.471. The zero-order valence-electron chi connectivity index (χ0n) is 9.54. The van der Waals surface area contributed by atoms with Crippen LogP contribution in [0.4, 0.5) is 0 Å². The van der Waals surface area contributed by atoms with Crippen LogP contribution in [0.5, 0.6) is 0 Å². The van der Waals surface area contributed by atoms with Gasteiger partial charge in [-0.1, -0.05) is 6.92 Å². The second-order valence-electron chi connectivity index (χ2n) is 3.69. The highest BCUT2D eigenvalue weighted by molar-refractivity contribution is 5.89. The number of methoxy groups -OCH3 is 1. The molecule has 0 unspecified atom stereocenters. The summed E-state index contributed by atoms with van der Waals surface area (Å²) in [5.74, 6) is 0.332. The average Bonchev–Trinajstić information content (AvgIpc) is 2.36. The third-order valence-corrected chi connectivity index (χ3v) is 2.68. The maximum absolute atomic E-state index is 11.6. The third-order valence-electron chi connectivity index (χ3n) is 2.68. The first kappa shape index (κ1) is 11.0. The lowest BCUT2D eigenvalue weighted by Crippen LogP contribution is -2.28. The van der Waals surface area contributed by atoms with Gasteiger partial charge in [0.15, 0.2) is 5.69 Å². The van der Waals surface area contributed by atoms with Crippen molar-refractivity contribution in [3.63, 3.8) is 0 Å². The second kappa shape index (κ2) is 4.57. The predicted molar refractivity (Wildman–Crippen MR) is 58.2 cm³/mol. The third kappa shape index (κ3) is 1.90. The van der Waals surface area contributed by atoms with Gasteiger partial charge in [0.25, 0.3) is 0 Å². The number of aryl methyl sites for hydroxylation is 1. The molecule has 0 aromatic carbocycles. The van der Waals surface area contributed by atoms with Gasteiger partial charge in [-0.2, -0.15) is 0 Å². The van der Waals surface area contributed by atoms with E-state index in [0.717, 1.165) is 30.6 Å². The van der Waals surface area contributed by atoms with Gasteiger partial charge in [-0.3, -0.25) is 0 Å². The molecule has 0 saturated carbocycles. The molecule has 1 aliphatic rings. The van der Waals surface area contributed by atoms with E-state index in [2.05, 4.69) is 15.3 Å². The van der Waals surface area contributed by atoms with Gasteiger partial charge >= 0.3 is 5.97 Å². The molecule has 1 aliphatic heterocycles. The molecule has 0 fully saturated rings. The van der Waals surface area contributed by atoms with Crippen LogP contribution in [-0.4, -0.2) is 29.6 Å². The Morgan fingerprint density at radius 3 is 3.00 bits per heavy atom. The molecule has 0 bridgehead atoms. The van der Waals surface area contributed by atoms with E-state index >= 15 is 0 Å². The number of aromatic nitrogens is 2. The number of esters is 1. The molecule has 0 saturated heterocycles. The number of fused-ring (bicyclic) bond motifs is 1. The van der Waals surface area contributed by atoms with E-state index in [0.29, 0.717) is 18.1 Å². The van der Waals surface area contributed by atoms with Crippen molar-refractivity contribution in [3.05, 3.63) is 22.8 Å². The Balaban J connectivity index is 2.51. The molecule has 5 nitrogen and oxygen atoms in total. The first-order valence-corrected chi connectivity index (χ1v) is 5.44. The van der Waals surface area contributed by atoms with Crippen LogP contribution in [0.3, 0.4) is 0 Å². The van der Waals surface area contributed by atoms with Crippen molar-refractivity contribution in [2.24, 2.45) is 0 Å². The van der Waals surface area contributed by atoms with Crippen LogP contribution < -0.4 is 5.32 Å². The quantitative estimate of drug-likeness (QED) is 0.735. The van der Waals surface area contributed by atoms with Crippen molar-refractivity contribution in [1.29, 1.82) is 0 Å². The molecule has 0 atom stereocenters. The van der Waals surface area contributed by atoms with Crippen LogP contribution >= 0.6 is 0 Å². The molecule has 1 N–H and O–H groups in total. The molecule has 1 aromatic heterocycles. The van der Waals surface area contributed by atoms with Crippen molar-refractivity contribution in [3.8, 4) is 0 Å². The van der Waals surface area contributed by atoms with Crippen molar-refractivity contribution >= 4 is 5.97 Å². The fourth-order valence-corrected chi connectivity index (χ4v) is 1.83. The van der Waals surface area contributed by atoms with E-state index in [-0.39, 0.29) is 5.97 Å². The Morgan fingerprint density at radius 2 is 2.31 bits per heavy atom. The summed E-state index contributed by atoms with van der Waals surface area (Å²) in [4.78, 5) is 20.3. The molecule has 5 heteroatoms. The average molecular weight is 221 g/mol. The van der Waals surface area contributed by atoms with Crippen LogP contribution in [0.15, 0.2) is 0 Å². The topological polar surface area (TPSA) is 64.1 Å². The van der Waals surface area contributed by atoms with E-state index < -0.39 is 0 Å². The molecule has 0 aliphatic carbocycles. The van der Waals surface area contributed by atoms with Gasteiger partial charge in [0.2, 0.25) is 0 Å². The summed E-state index contributed by atoms with van der Waals surface area (Å²) in [6, 6.07) is 0. The van der Waals surface area contributed by atoms with Crippen LogP contribution in [0.25, 0.3) is 0 Å². The Bertz CT molecular complexity index is 418. The second-order valence-corrected chi connectivity index (χ2v) is 3.69. The summed E-state index contributed by atoms with van der Waals surface area (Å²) in [6.07, 6.45) is 1.50. The highest BCUT2D eigenvalue weighted by atomic mass is 16.5. The first-order valence-electron chi connectivity index (χ1n) is 5.44. The van der Waals surface area contributed by atoms with Crippen LogP contribution in [0.1, 0.15) is 34.5 Å². The summed E-state index contributed by atoms with van der Waals surface area (Å²) in [5.41, 5.74) is 2.30. The van der Waals surface area contributed by atoms with Gasteiger partial charge in [-0.05, 0) is 13.0 Å². The number of hydrogen-bond acceptors (Lipinski definition) is 5. The van der Waals surface area contributed by atoms with Crippen molar-refractivity contribution < 1.29 is 9.53 Å². The van der Waals surface area contributed by atoms with Gasteiger partial charge in [0, 0.05) is 18.5 Å². The first-order chi connectivity index (χ1) is 7.76. The van der Waals surface area contributed by atoms with Gasteiger partial charge in [-0.25, -0.2) is 14.8 Å². The number of carbonyl (C=O) groups is 1. The lowest BCUT2D eigenvalue weighted by molar-refractivity contribution is 0.0591. The van der Waals surface area contributed by atoms with Crippen LogP contribution in [0, 0.1) is 0 Å². The minimum Gasteiger partial charge on any atom is -0.464 e. The van der Waals surface area contributed by atoms with E-state index in [9.17, 15) is 4.79 Å². The molecule has 0 radical (unpaired) electrons. The highest BCUT2D eigenvalue weighted by Crippen LogP contribution is 2.16. The lowest BCUT2D eigenvalue weighted by atomic mass is 10.0. The van der Waals surface area contributed by atoms with Crippen LogP contribution in [0.2, 0.25) is 0 Å². The molecular formula is C11H15N3O2. The molecule has 16 heavy (non-hydrogen) atoms. The van der Waals surface area contributed by atoms with E-state index in [1.807, 2.05) is 6.92 Å². The zero-order valence-corrected chi connectivity index (χ0v) is 9.54. The van der Waals surface area contributed by atoms with Gasteiger partial charge in [-0.15, -0.1) is 0 Å². The van der Waals surface area contributed by atoms with Crippen molar-refractivity contribution in [2.45, 2.75) is 26.3 Å². The number of carbonyl (C=O) groups excluding carboxylic acids is 1. The fraction of sp³-hybridized carbons (Fsp3) is 0.545. The smallest absolute Gasteiger partial charge is 0.357 e. The molecule has 2 heterocycles. The van der Waals surface area contributed by atoms with E-state index in [4.69, 9.17) is 4.74 Å². The minimum atomic E-state index is -0.366. The standard InChI is InChI=1S/C11H15N3O2/c1-3-9-13-8-6-12-5-4-7(8)10(14-9)11(15)16-2/h12H,3-6H2,1-2H3. The molecule has 0 spiro atoms. The number of hydrogen-bond donors (Lipinski definition) is 1. The Labute approximate surface area is 94.2 Å². The maximum Gasteiger partial charge on any atom is 0.357 e. The number of ether oxygens (including phenoxy) is 1. The summed E-state index contributed by atoms with van der Waals surface area (Å²) >= 11 is 0. The van der Waals surface area contributed by atoms with Gasteiger partial charge in [0.1, 0.15) is 5.82 Å². The molecular weight excluding hydrogens is 206 g/mol. The Kier molecular flexibility index (Phi) is 3.14. The van der Waals surface area contributed by atoms with E-state index in [1.54, 1.807) is 0 Å². The molecule has 2 rings (SSSR count). The van der Waals surface area contributed by atoms with Crippen molar-refractivity contribution in [1.82, 2.24) is 15.3 Å². The number of nitrogens with zero attached hydrogens (tertiary/aromatic N) is 2. The summed E-state index contributed by atoms with van der Waals surface area (Å²) in [6.45, 7) is 3.53. The van der Waals surface area contributed by atoms with E-state index in [1.165, 1.54) is 7.11 Å². The monoisotopic (exact) mass is 221 g/mol. The lowest BCUT2D eigenvalue weighted by Gasteiger charge is -2.18. The molecule has 1 aromatic rings. The van der Waals surface area contributed by atoms with Crippen molar-refractivity contribution in [2.75, 3.05) is 13.7 Å². The highest BCUT2D eigenvalue weighted by Gasteiger charge is 2.21. The fourth-order valence-electron chi connectivity index (χ4n) is 1.83. The summed E-state index contributed by atoms with van der Waals surface area (Å²) in [5, 5.41) is 3.23. The zero-order chi connectivity index (χ0) is 11.5. The minimum absolute atomic E-state index is 0.366. The van der Waals surface area contributed by atoms with Crippen LogP contribution in [-0.2, 0) is 24.1 Å². The normalized spacial score (nSPS) is 14.4. The Morgan fingerprint density at radius 1 is 1.50 bits per heavy atom. The number of nitrogens with one attached hydrogen (secondary N) is 1. The number of rotatable bonds is 2. The summed E-state index contributed by atoms with van der Waals surface area (Å²) in [7, 11) is 1.38. The Hall–Kier alpha value is -1.49.